The van der Waals surface area contributed by atoms with E-state index in [1.54, 1.807) is 0 Å². The average Bonchev–Trinajstić information content (AvgIpc) is 2.44. The summed E-state index contributed by atoms with van der Waals surface area (Å²) in [7, 11) is 1.16. The second kappa shape index (κ2) is 6.33. The van der Waals surface area contributed by atoms with Crippen LogP contribution in [0, 0.1) is 16.7 Å². The molecule has 1 unspecified atom stereocenters. The Labute approximate surface area is 105 Å². The van der Waals surface area contributed by atoms with E-state index in [0.29, 0.717) is 13.2 Å². The molecule has 0 aromatic heterocycles. The lowest BCUT2D eigenvalue weighted by molar-refractivity contribution is -0.148. The van der Waals surface area contributed by atoms with Gasteiger partial charge < -0.3 is 19.9 Å². The summed E-state index contributed by atoms with van der Waals surface area (Å²) in [6, 6.07) is 0.835. The van der Waals surface area contributed by atoms with Gasteiger partial charge in [0.05, 0.1) is 19.8 Å². The fraction of sp³-hybridized carbons (Fsp3) is 0.727. The molecular weight excluding hydrogens is 240 g/mol. The van der Waals surface area contributed by atoms with Crippen LogP contribution in [0.2, 0.25) is 0 Å². The molecule has 1 rings (SSSR count). The molecule has 0 aliphatic carbocycles. The van der Waals surface area contributed by atoms with Gasteiger partial charge in [-0.2, -0.15) is 5.26 Å². The van der Waals surface area contributed by atoms with Crippen molar-refractivity contribution < 1.29 is 24.2 Å². The molecule has 18 heavy (non-hydrogen) atoms. The largest absolute Gasteiger partial charge is 0.467 e. The van der Waals surface area contributed by atoms with Gasteiger partial charge in [-0.3, -0.25) is 4.79 Å². The summed E-state index contributed by atoms with van der Waals surface area (Å²) < 4.78 is 9.54. The third-order valence-corrected chi connectivity index (χ3v) is 2.97. The molecule has 0 radical (unpaired) electrons. The first-order valence-electron chi connectivity index (χ1n) is 5.58. The maximum absolute atomic E-state index is 12.0. The van der Waals surface area contributed by atoms with Crippen LogP contribution in [0.4, 0.5) is 0 Å². The third-order valence-electron chi connectivity index (χ3n) is 2.97. The van der Waals surface area contributed by atoms with Crippen LogP contribution in [0.15, 0.2) is 0 Å². The van der Waals surface area contributed by atoms with Gasteiger partial charge in [0.1, 0.15) is 5.41 Å². The van der Waals surface area contributed by atoms with Gasteiger partial charge in [-0.25, -0.2) is 4.79 Å². The number of methoxy groups -OCH3 is 1. The van der Waals surface area contributed by atoms with E-state index in [-0.39, 0.29) is 12.8 Å². The number of rotatable bonds is 4. The van der Waals surface area contributed by atoms with Gasteiger partial charge in [0.2, 0.25) is 5.91 Å². The Morgan fingerprint density at radius 3 is 2.61 bits per heavy atom. The molecule has 1 heterocycles. The zero-order valence-electron chi connectivity index (χ0n) is 10.1. The molecule has 1 aliphatic rings. The van der Waals surface area contributed by atoms with Crippen LogP contribution >= 0.6 is 0 Å². The average molecular weight is 256 g/mol. The number of hydrogen-bond acceptors (Lipinski definition) is 6. The summed E-state index contributed by atoms with van der Waals surface area (Å²) in [4.78, 5) is 23.3. The van der Waals surface area contributed by atoms with Crippen LogP contribution in [-0.2, 0) is 19.1 Å². The molecule has 1 aliphatic heterocycles. The second-order valence-electron chi connectivity index (χ2n) is 4.04. The van der Waals surface area contributed by atoms with Gasteiger partial charge >= 0.3 is 5.97 Å². The van der Waals surface area contributed by atoms with Crippen molar-refractivity contribution in [1.29, 1.82) is 5.26 Å². The fourth-order valence-electron chi connectivity index (χ4n) is 1.73. The Morgan fingerprint density at radius 2 is 2.17 bits per heavy atom. The predicted molar refractivity (Wildman–Crippen MR) is 59.1 cm³/mol. The van der Waals surface area contributed by atoms with Crippen molar-refractivity contribution >= 4 is 11.9 Å². The molecule has 2 N–H and O–H groups in total. The van der Waals surface area contributed by atoms with E-state index >= 15 is 0 Å². The number of nitrogens with zero attached hydrogens (tertiary/aromatic N) is 1. The Balaban J connectivity index is 2.73. The summed E-state index contributed by atoms with van der Waals surface area (Å²) in [6.07, 6.45) is 0.545. The Morgan fingerprint density at radius 1 is 1.56 bits per heavy atom. The molecule has 0 spiro atoms. The lowest BCUT2D eigenvalue weighted by Gasteiger charge is -2.30. The maximum Gasteiger partial charge on any atom is 0.330 e. The first kappa shape index (κ1) is 14.4. The quantitative estimate of drug-likeness (QED) is 0.622. The Hall–Kier alpha value is -1.65. The monoisotopic (exact) mass is 256 g/mol. The van der Waals surface area contributed by atoms with E-state index in [1.165, 1.54) is 0 Å². The zero-order chi connectivity index (χ0) is 13.6. The number of aliphatic hydroxyl groups excluding tert-OH is 1. The zero-order valence-corrected chi connectivity index (χ0v) is 10.1. The number of esters is 1. The summed E-state index contributed by atoms with van der Waals surface area (Å²) in [6.45, 7) is 0.0718. The van der Waals surface area contributed by atoms with Crippen molar-refractivity contribution in [2.24, 2.45) is 5.41 Å². The molecule has 100 valence electrons. The highest BCUT2D eigenvalue weighted by atomic mass is 16.5. The summed E-state index contributed by atoms with van der Waals surface area (Å²) in [5.41, 5.74) is -1.19. The molecule has 0 saturated carbocycles. The van der Waals surface area contributed by atoms with Crippen molar-refractivity contribution in [3.63, 3.8) is 0 Å². The van der Waals surface area contributed by atoms with Crippen molar-refractivity contribution in [3.05, 3.63) is 0 Å². The van der Waals surface area contributed by atoms with E-state index < -0.39 is 29.9 Å². The van der Waals surface area contributed by atoms with Crippen molar-refractivity contribution in [1.82, 2.24) is 5.32 Å². The number of nitrogens with one attached hydrogen (secondary N) is 1. The van der Waals surface area contributed by atoms with Gasteiger partial charge in [0, 0.05) is 13.2 Å². The minimum atomic E-state index is -1.19. The van der Waals surface area contributed by atoms with Gasteiger partial charge in [-0.1, -0.05) is 0 Å². The summed E-state index contributed by atoms with van der Waals surface area (Å²) in [5.74, 6) is -1.32. The molecule has 1 atom stereocenters. The molecule has 1 saturated heterocycles. The van der Waals surface area contributed by atoms with Gasteiger partial charge in [0.15, 0.2) is 6.04 Å². The predicted octanol–water partition coefficient (Wildman–Crippen LogP) is -1.04. The summed E-state index contributed by atoms with van der Waals surface area (Å²) in [5, 5.41) is 20.5. The van der Waals surface area contributed by atoms with Gasteiger partial charge in [-0.15, -0.1) is 0 Å². The minimum absolute atomic E-state index is 0.272. The second-order valence-corrected chi connectivity index (χ2v) is 4.04. The normalized spacial score (nSPS) is 19.4. The smallest absolute Gasteiger partial charge is 0.330 e. The molecule has 7 nitrogen and oxygen atoms in total. The number of hydrogen-bond donors (Lipinski definition) is 2. The standard InChI is InChI=1S/C11H16N2O5/c1-17-9(15)8(6-14)13-10(16)11(7-12)2-4-18-5-3-11/h8,14H,2-6H2,1H3,(H,13,16). The number of amides is 1. The fourth-order valence-corrected chi connectivity index (χ4v) is 1.73. The lowest BCUT2D eigenvalue weighted by atomic mass is 9.80. The van der Waals surface area contributed by atoms with Crippen molar-refractivity contribution in [2.75, 3.05) is 26.9 Å². The Kier molecular flexibility index (Phi) is 5.07. The highest BCUT2D eigenvalue weighted by Crippen LogP contribution is 2.29. The summed E-state index contributed by atoms with van der Waals surface area (Å²) >= 11 is 0. The molecule has 0 aromatic carbocycles. The van der Waals surface area contributed by atoms with Crippen LogP contribution in [0.25, 0.3) is 0 Å². The van der Waals surface area contributed by atoms with Crippen LogP contribution in [-0.4, -0.2) is 50.0 Å². The molecule has 0 aromatic rings. The molecule has 1 amide bonds. The number of ether oxygens (including phenoxy) is 2. The van der Waals surface area contributed by atoms with Gasteiger partial charge in [-0.05, 0) is 12.8 Å². The highest BCUT2D eigenvalue weighted by Gasteiger charge is 2.41. The van der Waals surface area contributed by atoms with E-state index in [9.17, 15) is 9.59 Å². The SMILES string of the molecule is COC(=O)C(CO)NC(=O)C1(C#N)CCOCC1. The maximum atomic E-state index is 12.0. The minimum Gasteiger partial charge on any atom is -0.467 e. The first-order chi connectivity index (χ1) is 8.59. The number of aliphatic hydroxyl groups is 1. The van der Waals surface area contributed by atoms with Crippen LogP contribution in [0.3, 0.4) is 0 Å². The number of nitriles is 1. The van der Waals surface area contributed by atoms with Crippen LogP contribution in [0.1, 0.15) is 12.8 Å². The van der Waals surface area contributed by atoms with E-state index in [4.69, 9.17) is 15.1 Å². The van der Waals surface area contributed by atoms with E-state index in [2.05, 4.69) is 10.1 Å². The molecule has 7 heteroatoms. The molecule has 0 bridgehead atoms. The lowest BCUT2D eigenvalue weighted by Crippen LogP contribution is -2.51. The molecular formula is C11H16N2O5. The van der Waals surface area contributed by atoms with Crippen molar-refractivity contribution in [2.45, 2.75) is 18.9 Å². The number of carbonyl (C=O) groups is 2. The number of carbonyl (C=O) groups excluding carboxylic acids is 2. The third kappa shape index (κ3) is 2.97. The van der Waals surface area contributed by atoms with E-state index in [0.717, 1.165) is 7.11 Å². The Bertz CT molecular complexity index is 357. The first-order valence-corrected chi connectivity index (χ1v) is 5.58. The molecule has 1 fully saturated rings. The van der Waals surface area contributed by atoms with Crippen LogP contribution < -0.4 is 5.32 Å². The highest BCUT2D eigenvalue weighted by molar-refractivity contribution is 5.90. The van der Waals surface area contributed by atoms with Gasteiger partial charge in [0.25, 0.3) is 0 Å². The van der Waals surface area contributed by atoms with E-state index in [1.807, 2.05) is 6.07 Å². The topological polar surface area (TPSA) is 109 Å². The van der Waals surface area contributed by atoms with Crippen LogP contribution in [0.5, 0.6) is 0 Å². The van der Waals surface area contributed by atoms with Crippen molar-refractivity contribution in [3.8, 4) is 6.07 Å².